The molecule has 17 heavy (non-hydrogen) atoms. The molecule has 0 aliphatic heterocycles. The minimum atomic E-state index is -0.0261. The summed E-state index contributed by atoms with van der Waals surface area (Å²) in [6.07, 6.45) is 3.61. The summed E-state index contributed by atoms with van der Waals surface area (Å²) in [5.41, 5.74) is 7.61. The summed E-state index contributed by atoms with van der Waals surface area (Å²) in [5, 5.41) is 0. The number of nitrogens with two attached hydrogens (primary N) is 1. The van der Waals surface area contributed by atoms with Gasteiger partial charge in [0.05, 0.1) is 24.3 Å². The Morgan fingerprint density at radius 1 is 1.29 bits per heavy atom. The molecular weight excluding hydrogens is 212 g/mol. The third-order valence-electron chi connectivity index (χ3n) is 3.18. The Bertz CT molecular complexity index is 516. The zero-order valence-electron chi connectivity index (χ0n) is 10.4. The second-order valence-electron chi connectivity index (χ2n) is 4.37. The predicted molar refractivity (Wildman–Crippen MR) is 68.3 cm³/mol. The summed E-state index contributed by atoms with van der Waals surface area (Å²) in [5.74, 6) is 5.66. The minimum Gasteiger partial charge on any atom is -0.336 e. The molecule has 0 bridgehead atoms. The van der Waals surface area contributed by atoms with Crippen molar-refractivity contribution < 1.29 is 0 Å². The molecule has 3 N–H and O–H groups in total. The van der Waals surface area contributed by atoms with E-state index in [2.05, 4.69) is 42.5 Å². The molecule has 1 aromatic carbocycles. The molecule has 1 unspecified atom stereocenters. The maximum Gasteiger partial charge on any atom is 0.0946 e. The molecule has 0 spiro atoms. The molecule has 1 heterocycles. The molecule has 0 aliphatic carbocycles. The molecular formula is C13H18N4. The molecule has 4 heteroatoms. The Kier molecular flexibility index (Phi) is 3.26. The fourth-order valence-electron chi connectivity index (χ4n) is 1.94. The second-order valence-corrected chi connectivity index (χ2v) is 4.37. The zero-order chi connectivity index (χ0) is 12.4. The van der Waals surface area contributed by atoms with Crippen LogP contribution in [0.3, 0.4) is 0 Å². The van der Waals surface area contributed by atoms with Crippen molar-refractivity contribution in [3.63, 3.8) is 0 Å². The average Bonchev–Trinajstić information content (AvgIpc) is 2.71. The summed E-state index contributed by atoms with van der Waals surface area (Å²) in [6.45, 7) is 4.21. The number of hydrogen-bond donors (Lipinski definition) is 2. The van der Waals surface area contributed by atoms with Crippen LogP contribution in [0.4, 0.5) is 0 Å². The first-order valence-corrected chi connectivity index (χ1v) is 5.63. The van der Waals surface area contributed by atoms with Crippen LogP contribution in [0.5, 0.6) is 0 Å². The zero-order valence-corrected chi connectivity index (χ0v) is 10.4. The van der Waals surface area contributed by atoms with E-state index < -0.39 is 0 Å². The molecule has 0 fully saturated rings. The van der Waals surface area contributed by atoms with Gasteiger partial charge in [-0.05, 0) is 30.5 Å². The molecule has 2 aromatic rings. The molecule has 1 atom stereocenters. The Labute approximate surface area is 101 Å². The molecule has 0 saturated carbocycles. The number of aryl methyl sites for hydroxylation is 3. The highest BCUT2D eigenvalue weighted by molar-refractivity contribution is 5.35. The number of nitrogens with zero attached hydrogens (tertiary/aromatic N) is 2. The van der Waals surface area contributed by atoms with Gasteiger partial charge in [-0.25, -0.2) is 10.4 Å². The normalized spacial score (nSPS) is 12.7. The summed E-state index contributed by atoms with van der Waals surface area (Å²) in [4.78, 5) is 4.12. The minimum absolute atomic E-state index is 0.0261. The van der Waals surface area contributed by atoms with E-state index in [1.54, 1.807) is 6.33 Å². The first kappa shape index (κ1) is 11.8. The maximum atomic E-state index is 5.66. The van der Waals surface area contributed by atoms with Crippen molar-refractivity contribution in [3.8, 4) is 0 Å². The Morgan fingerprint density at radius 2 is 2.06 bits per heavy atom. The van der Waals surface area contributed by atoms with Gasteiger partial charge >= 0.3 is 0 Å². The van der Waals surface area contributed by atoms with Crippen LogP contribution >= 0.6 is 0 Å². The van der Waals surface area contributed by atoms with E-state index in [0.717, 1.165) is 11.3 Å². The van der Waals surface area contributed by atoms with E-state index in [-0.39, 0.29) is 6.04 Å². The topological polar surface area (TPSA) is 55.9 Å². The van der Waals surface area contributed by atoms with Gasteiger partial charge in [0.15, 0.2) is 0 Å². The van der Waals surface area contributed by atoms with Crippen LogP contribution < -0.4 is 11.3 Å². The number of hydrogen-bond acceptors (Lipinski definition) is 3. The lowest BCUT2D eigenvalue weighted by molar-refractivity contribution is 0.597. The Hall–Kier alpha value is -1.65. The van der Waals surface area contributed by atoms with Gasteiger partial charge in [0.1, 0.15) is 0 Å². The monoisotopic (exact) mass is 230 g/mol. The van der Waals surface area contributed by atoms with Crippen molar-refractivity contribution in [1.82, 2.24) is 15.0 Å². The van der Waals surface area contributed by atoms with Crippen molar-refractivity contribution >= 4 is 0 Å². The number of benzene rings is 1. The van der Waals surface area contributed by atoms with Gasteiger partial charge in [-0.3, -0.25) is 5.84 Å². The molecule has 2 rings (SSSR count). The molecule has 0 saturated heterocycles. The van der Waals surface area contributed by atoms with Crippen LogP contribution in [-0.2, 0) is 7.05 Å². The first-order chi connectivity index (χ1) is 8.13. The number of nitrogens with one attached hydrogen (secondary N) is 1. The lowest BCUT2D eigenvalue weighted by Gasteiger charge is -2.18. The number of imidazole rings is 1. The van der Waals surface area contributed by atoms with Crippen LogP contribution in [0.1, 0.15) is 28.4 Å². The van der Waals surface area contributed by atoms with Crippen LogP contribution in [0.15, 0.2) is 30.7 Å². The molecule has 90 valence electrons. The largest absolute Gasteiger partial charge is 0.336 e. The molecule has 1 aromatic heterocycles. The highest BCUT2D eigenvalue weighted by atomic mass is 15.2. The first-order valence-electron chi connectivity index (χ1n) is 5.63. The Balaban J connectivity index is 2.42. The van der Waals surface area contributed by atoms with E-state index in [4.69, 9.17) is 5.84 Å². The number of rotatable bonds is 3. The van der Waals surface area contributed by atoms with Gasteiger partial charge in [-0.1, -0.05) is 18.2 Å². The fourth-order valence-corrected chi connectivity index (χ4v) is 1.94. The summed E-state index contributed by atoms with van der Waals surface area (Å²) >= 11 is 0. The van der Waals surface area contributed by atoms with Crippen molar-refractivity contribution in [1.29, 1.82) is 0 Å². The summed E-state index contributed by atoms with van der Waals surface area (Å²) in [6, 6.07) is 6.35. The lowest BCUT2D eigenvalue weighted by Crippen LogP contribution is -2.30. The molecule has 0 amide bonds. The lowest BCUT2D eigenvalue weighted by atomic mass is 9.99. The molecule has 0 aliphatic rings. The van der Waals surface area contributed by atoms with E-state index in [9.17, 15) is 0 Å². The van der Waals surface area contributed by atoms with Gasteiger partial charge < -0.3 is 4.57 Å². The van der Waals surface area contributed by atoms with Crippen LogP contribution in [-0.4, -0.2) is 9.55 Å². The Morgan fingerprint density at radius 3 is 2.59 bits per heavy atom. The predicted octanol–water partition coefficient (Wildman–Crippen LogP) is 1.59. The SMILES string of the molecule is Cc1ccc(C(NN)c2cncn2C)cc1C. The van der Waals surface area contributed by atoms with E-state index in [1.807, 2.05) is 17.8 Å². The molecule has 0 radical (unpaired) electrons. The van der Waals surface area contributed by atoms with Crippen LogP contribution in [0.25, 0.3) is 0 Å². The van der Waals surface area contributed by atoms with Crippen molar-refractivity contribution in [3.05, 3.63) is 53.1 Å². The number of aromatic nitrogens is 2. The highest BCUT2D eigenvalue weighted by Gasteiger charge is 2.15. The third-order valence-corrected chi connectivity index (χ3v) is 3.18. The van der Waals surface area contributed by atoms with E-state index >= 15 is 0 Å². The fraction of sp³-hybridized carbons (Fsp3) is 0.308. The van der Waals surface area contributed by atoms with Crippen molar-refractivity contribution in [2.24, 2.45) is 12.9 Å². The quantitative estimate of drug-likeness (QED) is 0.622. The van der Waals surface area contributed by atoms with Crippen molar-refractivity contribution in [2.45, 2.75) is 19.9 Å². The third kappa shape index (κ3) is 2.23. The van der Waals surface area contributed by atoms with Crippen LogP contribution in [0.2, 0.25) is 0 Å². The highest BCUT2D eigenvalue weighted by Crippen LogP contribution is 2.22. The maximum absolute atomic E-state index is 5.66. The van der Waals surface area contributed by atoms with Gasteiger partial charge in [-0.2, -0.15) is 0 Å². The van der Waals surface area contributed by atoms with Gasteiger partial charge in [0.2, 0.25) is 0 Å². The average molecular weight is 230 g/mol. The van der Waals surface area contributed by atoms with E-state index in [1.165, 1.54) is 11.1 Å². The van der Waals surface area contributed by atoms with Gasteiger partial charge in [-0.15, -0.1) is 0 Å². The van der Waals surface area contributed by atoms with Crippen LogP contribution in [0, 0.1) is 13.8 Å². The second kappa shape index (κ2) is 4.69. The van der Waals surface area contributed by atoms with E-state index in [0.29, 0.717) is 0 Å². The summed E-state index contributed by atoms with van der Waals surface area (Å²) < 4.78 is 1.97. The number of hydrazine groups is 1. The van der Waals surface area contributed by atoms with Crippen molar-refractivity contribution in [2.75, 3.05) is 0 Å². The standard InChI is InChI=1S/C13H18N4/c1-9-4-5-11(6-10(9)2)13(16-14)12-7-15-8-17(12)3/h4-8,13,16H,14H2,1-3H3. The van der Waals surface area contributed by atoms with Gasteiger partial charge in [0, 0.05) is 7.05 Å². The molecule has 4 nitrogen and oxygen atoms in total. The smallest absolute Gasteiger partial charge is 0.0946 e. The summed E-state index contributed by atoms with van der Waals surface area (Å²) in [7, 11) is 1.97. The van der Waals surface area contributed by atoms with Gasteiger partial charge in [0.25, 0.3) is 0 Å².